The van der Waals surface area contributed by atoms with Crippen LogP contribution in [-0.4, -0.2) is 39.9 Å². The van der Waals surface area contributed by atoms with E-state index in [1.165, 1.54) is 4.57 Å². The molecule has 122 valence electrons. The number of aryl methyl sites for hydroxylation is 1. The maximum Gasteiger partial charge on any atom is 0.500 e. The third-order valence-corrected chi connectivity index (χ3v) is 4.71. The van der Waals surface area contributed by atoms with E-state index in [4.69, 9.17) is 9.31 Å². The largest absolute Gasteiger partial charge is 0.500 e. The molecular formula is C15H21BN4O3. The van der Waals surface area contributed by atoms with E-state index >= 15 is 0 Å². The van der Waals surface area contributed by atoms with Crippen molar-refractivity contribution < 1.29 is 9.31 Å². The molecule has 3 rings (SSSR count). The molecule has 1 aliphatic heterocycles. The zero-order valence-corrected chi connectivity index (χ0v) is 14.3. The normalized spacial score (nSPS) is 19.3. The summed E-state index contributed by atoms with van der Waals surface area (Å²) >= 11 is 0. The molecule has 0 unspecified atom stereocenters. The molecule has 0 atom stereocenters. The van der Waals surface area contributed by atoms with Crippen molar-refractivity contribution in [2.45, 2.75) is 38.9 Å². The molecule has 1 N–H and O–H groups in total. The summed E-state index contributed by atoms with van der Waals surface area (Å²) in [5, 5.41) is 3.63. The lowest BCUT2D eigenvalue weighted by molar-refractivity contribution is 0.00578. The minimum Gasteiger partial charge on any atom is -0.399 e. The zero-order chi connectivity index (χ0) is 17.0. The van der Waals surface area contributed by atoms with E-state index < -0.39 is 18.3 Å². The molecule has 0 bridgehead atoms. The molecule has 0 amide bonds. The zero-order valence-electron chi connectivity index (χ0n) is 14.3. The van der Waals surface area contributed by atoms with Gasteiger partial charge in [-0.1, -0.05) is 0 Å². The molecule has 3 heterocycles. The molecule has 0 aromatic carbocycles. The monoisotopic (exact) mass is 316 g/mol. The molecule has 1 fully saturated rings. The fourth-order valence-corrected chi connectivity index (χ4v) is 2.53. The van der Waals surface area contributed by atoms with Gasteiger partial charge in [0.05, 0.1) is 11.2 Å². The molecule has 7 nitrogen and oxygen atoms in total. The minimum absolute atomic E-state index is 0.184. The average molecular weight is 316 g/mol. The molecule has 1 saturated heterocycles. The predicted octanol–water partition coefficient (Wildman–Crippen LogP) is 0.669. The van der Waals surface area contributed by atoms with Crippen molar-refractivity contribution in [1.82, 2.24) is 14.5 Å². The third-order valence-electron chi connectivity index (χ3n) is 4.71. The van der Waals surface area contributed by atoms with E-state index in [9.17, 15) is 4.79 Å². The Kier molecular flexibility index (Phi) is 3.49. The second kappa shape index (κ2) is 5.04. The van der Waals surface area contributed by atoms with Gasteiger partial charge in [-0.3, -0.25) is 9.36 Å². The summed E-state index contributed by atoms with van der Waals surface area (Å²) in [4.78, 5) is 21.3. The molecule has 23 heavy (non-hydrogen) atoms. The van der Waals surface area contributed by atoms with E-state index in [2.05, 4.69) is 15.3 Å². The van der Waals surface area contributed by atoms with Crippen LogP contribution in [0.4, 0.5) is 5.95 Å². The smallest absolute Gasteiger partial charge is 0.399 e. The number of nitrogens with zero attached hydrogens (tertiary/aromatic N) is 3. The Bertz CT molecular complexity index is 815. The van der Waals surface area contributed by atoms with Crippen LogP contribution in [0.3, 0.4) is 0 Å². The summed E-state index contributed by atoms with van der Waals surface area (Å²) < 4.78 is 13.5. The fraction of sp³-hybridized carbons (Fsp3) is 0.533. The number of pyridine rings is 1. The quantitative estimate of drug-likeness (QED) is 0.821. The Morgan fingerprint density at radius 2 is 1.83 bits per heavy atom. The van der Waals surface area contributed by atoms with Crippen LogP contribution in [0.25, 0.3) is 11.0 Å². The van der Waals surface area contributed by atoms with Crippen molar-refractivity contribution in [3.8, 4) is 0 Å². The Morgan fingerprint density at radius 1 is 1.22 bits per heavy atom. The van der Waals surface area contributed by atoms with Gasteiger partial charge >= 0.3 is 7.12 Å². The highest BCUT2D eigenvalue weighted by Gasteiger charge is 2.52. The van der Waals surface area contributed by atoms with Gasteiger partial charge in [-0.2, -0.15) is 4.98 Å². The molecule has 0 saturated carbocycles. The SMILES string of the molecule is CNc1ncc2cc(B3OC(C)(C)C(C)(C)O3)c(=O)n(C)c2n1. The van der Waals surface area contributed by atoms with Crippen LogP contribution in [0.2, 0.25) is 0 Å². The summed E-state index contributed by atoms with van der Waals surface area (Å²) in [6.07, 6.45) is 1.68. The third kappa shape index (κ3) is 2.42. The first kappa shape index (κ1) is 16.0. The van der Waals surface area contributed by atoms with Crippen LogP contribution in [0.1, 0.15) is 27.7 Å². The standard InChI is InChI=1S/C15H21BN4O3/c1-14(2)15(3,4)23-16(22-14)10-7-9-8-18-13(17-5)19-11(9)20(6)12(10)21/h7-8H,1-6H3,(H,17,18,19). The number of hydrogen-bond donors (Lipinski definition) is 1. The van der Waals surface area contributed by atoms with E-state index in [0.29, 0.717) is 17.1 Å². The maximum absolute atomic E-state index is 12.7. The van der Waals surface area contributed by atoms with Gasteiger partial charge in [0.15, 0.2) is 0 Å². The van der Waals surface area contributed by atoms with Gasteiger partial charge in [0.25, 0.3) is 5.56 Å². The lowest BCUT2D eigenvalue weighted by Gasteiger charge is -2.32. The van der Waals surface area contributed by atoms with Crippen LogP contribution in [0, 0.1) is 0 Å². The van der Waals surface area contributed by atoms with Gasteiger partial charge in [-0.15, -0.1) is 0 Å². The number of rotatable bonds is 2. The first-order valence-electron chi connectivity index (χ1n) is 7.56. The Hall–Kier alpha value is -1.93. The number of aromatic nitrogens is 3. The maximum atomic E-state index is 12.7. The summed E-state index contributed by atoms with van der Waals surface area (Å²) in [6, 6.07) is 1.75. The highest BCUT2D eigenvalue weighted by atomic mass is 16.7. The van der Waals surface area contributed by atoms with Crippen LogP contribution in [0.15, 0.2) is 17.1 Å². The molecule has 1 aliphatic rings. The highest BCUT2D eigenvalue weighted by Crippen LogP contribution is 2.36. The van der Waals surface area contributed by atoms with Gasteiger partial charge < -0.3 is 14.6 Å². The van der Waals surface area contributed by atoms with Crippen LogP contribution >= 0.6 is 0 Å². The highest BCUT2D eigenvalue weighted by molar-refractivity contribution is 6.62. The van der Waals surface area contributed by atoms with Crippen LogP contribution in [-0.2, 0) is 16.4 Å². The Balaban J connectivity index is 2.14. The Labute approximate surface area is 135 Å². The number of anilines is 1. The van der Waals surface area contributed by atoms with Crippen molar-refractivity contribution in [2.24, 2.45) is 7.05 Å². The van der Waals surface area contributed by atoms with E-state index in [-0.39, 0.29) is 5.56 Å². The van der Waals surface area contributed by atoms with Gasteiger partial charge in [0.2, 0.25) is 5.95 Å². The summed E-state index contributed by atoms with van der Waals surface area (Å²) in [5.41, 5.74) is -0.153. The first-order chi connectivity index (χ1) is 10.7. The molecular weight excluding hydrogens is 295 g/mol. The molecule has 2 aromatic rings. The van der Waals surface area contributed by atoms with Crippen LogP contribution < -0.4 is 16.3 Å². The Morgan fingerprint density at radius 3 is 2.39 bits per heavy atom. The topological polar surface area (TPSA) is 78.3 Å². The molecule has 2 aromatic heterocycles. The number of nitrogens with one attached hydrogen (secondary N) is 1. The van der Waals surface area contributed by atoms with Gasteiger partial charge in [0.1, 0.15) is 5.65 Å². The van der Waals surface area contributed by atoms with E-state index in [1.807, 2.05) is 27.7 Å². The number of hydrogen-bond acceptors (Lipinski definition) is 6. The van der Waals surface area contributed by atoms with Crippen molar-refractivity contribution in [3.05, 3.63) is 22.6 Å². The minimum atomic E-state index is -0.702. The number of fused-ring (bicyclic) bond motifs is 1. The second-order valence-electron chi connectivity index (χ2n) is 6.77. The lowest BCUT2D eigenvalue weighted by Crippen LogP contribution is -2.47. The van der Waals surface area contributed by atoms with E-state index in [1.54, 1.807) is 26.4 Å². The van der Waals surface area contributed by atoms with Gasteiger partial charge in [-0.05, 0) is 33.8 Å². The van der Waals surface area contributed by atoms with Crippen molar-refractivity contribution in [2.75, 3.05) is 12.4 Å². The summed E-state index contributed by atoms with van der Waals surface area (Å²) in [6.45, 7) is 7.84. The van der Waals surface area contributed by atoms with Crippen molar-refractivity contribution in [1.29, 1.82) is 0 Å². The molecule has 0 aliphatic carbocycles. The summed E-state index contributed by atoms with van der Waals surface area (Å²) in [7, 11) is 2.72. The molecule has 0 radical (unpaired) electrons. The molecule has 8 heteroatoms. The average Bonchev–Trinajstić information content (AvgIpc) is 2.70. The second-order valence-corrected chi connectivity index (χ2v) is 6.77. The van der Waals surface area contributed by atoms with Crippen molar-refractivity contribution in [3.63, 3.8) is 0 Å². The van der Waals surface area contributed by atoms with Gasteiger partial charge in [-0.25, -0.2) is 4.98 Å². The predicted molar refractivity (Wildman–Crippen MR) is 90.0 cm³/mol. The fourth-order valence-electron chi connectivity index (χ4n) is 2.53. The summed E-state index contributed by atoms with van der Waals surface area (Å²) in [5.74, 6) is 0.468. The van der Waals surface area contributed by atoms with Gasteiger partial charge in [0, 0.05) is 31.1 Å². The van der Waals surface area contributed by atoms with Crippen LogP contribution in [0.5, 0.6) is 0 Å². The first-order valence-corrected chi connectivity index (χ1v) is 7.56. The lowest BCUT2D eigenvalue weighted by atomic mass is 9.79. The van der Waals surface area contributed by atoms with E-state index in [0.717, 1.165) is 5.39 Å². The van der Waals surface area contributed by atoms with Crippen molar-refractivity contribution >= 4 is 29.6 Å². The molecule has 0 spiro atoms.